The molecule has 0 fully saturated rings. The van der Waals surface area contributed by atoms with Crippen LogP contribution >= 0.6 is 35.0 Å². The number of carbonyl (C=O) groups is 2. The lowest BCUT2D eigenvalue weighted by Crippen LogP contribution is -2.49. The molecule has 0 aromatic heterocycles. The van der Waals surface area contributed by atoms with Gasteiger partial charge in [0.05, 0.1) is 28.0 Å². The zero-order valence-corrected chi connectivity index (χ0v) is 15.3. The molecule has 130 valence electrons. The molecule has 0 spiro atoms. The van der Waals surface area contributed by atoms with E-state index in [1.165, 1.54) is 16.7 Å². The van der Waals surface area contributed by atoms with Crippen LogP contribution in [-0.2, 0) is 9.59 Å². The number of amides is 2. The van der Waals surface area contributed by atoms with Crippen molar-refractivity contribution in [2.75, 3.05) is 17.2 Å². The third-order valence-corrected chi connectivity index (χ3v) is 5.62. The Hall–Kier alpha value is -1.89. The number of anilines is 1. The molecular weight excluding hydrogens is 383 g/mol. The van der Waals surface area contributed by atoms with Crippen LogP contribution in [0.25, 0.3) is 0 Å². The number of halogens is 2. The number of nitrogens with two attached hydrogens (primary N) is 1. The smallest absolute Gasteiger partial charge is 0.260 e. The number of ether oxygens (including phenoxy) is 1. The summed E-state index contributed by atoms with van der Waals surface area (Å²) in [6.07, 6.45) is -0.882. The maximum atomic E-state index is 12.7. The fourth-order valence-corrected chi connectivity index (χ4v) is 4.01. The lowest BCUT2D eigenvalue weighted by Gasteiger charge is -2.33. The van der Waals surface area contributed by atoms with E-state index in [0.717, 1.165) is 0 Å². The molecule has 0 saturated carbocycles. The number of hydrogen-bond acceptors (Lipinski definition) is 4. The Bertz CT molecular complexity index is 811. The second-order valence-electron chi connectivity index (χ2n) is 5.32. The molecule has 2 aromatic rings. The van der Waals surface area contributed by atoms with E-state index in [1.54, 1.807) is 42.5 Å². The Balaban J connectivity index is 1.80. The van der Waals surface area contributed by atoms with Gasteiger partial charge in [0, 0.05) is 4.90 Å². The Morgan fingerprint density at radius 2 is 1.84 bits per heavy atom. The fraction of sp³-hybridized carbons (Fsp3) is 0.176. The summed E-state index contributed by atoms with van der Waals surface area (Å²) in [5, 5.41) is 0.977. The van der Waals surface area contributed by atoms with Crippen molar-refractivity contribution in [1.29, 1.82) is 0 Å². The maximum Gasteiger partial charge on any atom is 0.260 e. The maximum absolute atomic E-state index is 12.7. The number of benzene rings is 2. The summed E-state index contributed by atoms with van der Waals surface area (Å²) >= 11 is 13.5. The molecule has 3 rings (SSSR count). The third-order valence-electron chi connectivity index (χ3n) is 3.65. The molecule has 2 amide bonds. The lowest BCUT2D eigenvalue weighted by atomic mass is 10.2. The highest BCUT2D eigenvalue weighted by atomic mass is 35.5. The van der Waals surface area contributed by atoms with Gasteiger partial charge in [0.1, 0.15) is 5.75 Å². The zero-order chi connectivity index (χ0) is 18.0. The van der Waals surface area contributed by atoms with Crippen molar-refractivity contribution < 1.29 is 14.3 Å². The van der Waals surface area contributed by atoms with E-state index < -0.39 is 12.0 Å². The second-order valence-corrected chi connectivity index (χ2v) is 7.12. The minimum atomic E-state index is -0.882. The van der Waals surface area contributed by atoms with Crippen LogP contribution in [-0.4, -0.2) is 30.2 Å². The number of primary amides is 1. The molecule has 1 unspecified atom stereocenters. The molecule has 1 aliphatic heterocycles. The molecule has 2 aromatic carbocycles. The predicted octanol–water partition coefficient (Wildman–Crippen LogP) is 3.37. The van der Waals surface area contributed by atoms with E-state index >= 15 is 0 Å². The van der Waals surface area contributed by atoms with Gasteiger partial charge in [-0.1, -0.05) is 41.4 Å². The van der Waals surface area contributed by atoms with Crippen LogP contribution in [0.3, 0.4) is 0 Å². The second kappa shape index (κ2) is 7.56. The first-order valence-corrected chi connectivity index (χ1v) is 9.13. The molecule has 0 bridgehead atoms. The van der Waals surface area contributed by atoms with E-state index in [2.05, 4.69) is 0 Å². The molecule has 8 heteroatoms. The van der Waals surface area contributed by atoms with E-state index in [0.29, 0.717) is 26.4 Å². The van der Waals surface area contributed by atoms with Gasteiger partial charge in [-0.3, -0.25) is 9.59 Å². The molecule has 1 heterocycles. The largest absolute Gasteiger partial charge is 0.477 e. The molecule has 2 N–H and O–H groups in total. The van der Waals surface area contributed by atoms with E-state index in [-0.39, 0.29) is 18.2 Å². The average molecular weight is 397 g/mol. The summed E-state index contributed by atoms with van der Waals surface area (Å²) < 4.78 is 5.56. The number of hydrogen-bond donors (Lipinski definition) is 1. The number of fused-ring (bicyclic) bond motifs is 1. The minimum absolute atomic E-state index is 0.0714. The van der Waals surface area contributed by atoms with E-state index in [1.807, 2.05) is 0 Å². The Labute approximate surface area is 159 Å². The van der Waals surface area contributed by atoms with Crippen LogP contribution in [0.15, 0.2) is 47.4 Å². The van der Waals surface area contributed by atoms with E-state index in [4.69, 9.17) is 33.7 Å². The van der Waals surface area contributed by atoms with Crippen LogP contribution in [0, 0.1) is 0 Å². The Kier molecular flexibility index (Phi) is 5.42. The van der Waals surface area contributed by atoms with Crippen LogP contribution in [0.5, 0.6) is 5.75 Å². The van der Waals surface area contributed by atoms with Gasteiger partial charge >= 0.3 is 0 Å². The molecule has 1 aliphatic rings. The van der Waals surface area contributed by atoms with Gasteiger partial charge in [-0.2, -0.15) is 0 Å². The van der Waals surface area contributed by atoms with Crippen molar-refractivity contribution in [3.8, 4) is 5.75 Å². The SMILES string of the molecule is NC(=O)C1CN(C(=O)CSc2c(Cl)cccc2Cl)c2ccccc2O1. The normalized spacial score (nSPS) is 16.1. The number of para-hydroxylation sites is 2. The summed E-state index contributed by atoms with van der Waals surface area (Å²) in [5.74, 6) is -0.243. The van der Waals surface area contributed by atoms with Crippen molar-refractivity contribution in [2.24, 2.45) is 5.73 Å². The zero-order valence-electron chi connectivity index (χ0n) is 12.9. The summed E-state index contributed by atoms with van der Waals surface area (Å²) in [5.41, 5.74) is 5.96. The van der Waals surface area contributed by atoms with Gasteiger partial charge in [-0.15, -0.1) is 11.8 Å². The summed E-state index contributed by atoms with van der Waals surface area (Å²) in [6, 6.07) is 12.2. The Morgan fingerprint density at radius 3 is 2.52 bits per heavy atom. The lowest BCUT2D eigenvalue weighted by molar-refractivity contribution is -0.125. The van der Waals surface area contributed by atoms with Gasteiger partial charge in [0.25, 0.3) is 5.91 Å². The van der Waals surface area contributed by atoms with Crippen molar-refractivity contribution in [3.05, 3.63) is 52.5 Å². The summed E-state index contributed by atoms with van der Waals surface area (Å²) in [4.78, 5) is 26.4. The van der Waals surface area contributed by atoms with Gasteiger partial charge < -0.3 is 15.4 Å². The quantitative estimate of drug-likeness (QED) is 0.803. The topological polar surface area (TPSA) is 72.6 Å². The molecule has 25 heavy (non-hydrogen) atoms. The van der Waals surface area contributed by atoms with Crippen molar-refractivity contribution >= 4 is 52.5 Å². The highest BCUT2D eigenvalue weighted by molar-refractivity contribution is 8.00. The highest BCUT2D eigenvalue weighted by Gasteiger charge is 2.32. The number of thioether (sulfide) groups is 1. The summed E-state index contributed by atoms with van der Waals surface area (Å²) in [6.45, 7) is 0.0714. The van der Waals surface area contributed by atoms with Crippen LogP contribution in [0.2, 0.25) is 10.0 Å². The summed E-state index contributed by atoms with van der Waals surface area (Å²) in [7, 11) is 0. The van der Waals surface area contributed by atoms with Crippen molar-refractivity contribution in [2.45, 2.75) is 11.0 Å². The molecule has 0 aliphatic carbocycles. The monoisotopic (exact) mass is 396 g/mol. The number of rotatable bonds is 4. The van der Waals surface area contributed by atoms with Crippen LogP contribution in [0.4, 0.5) is 5.69 Å². The molecule has 5 nitrogen and oxygen atoms in total. The van der Waals surface area contributed by atoms with Gasteiger partial charge in [0.15, 0.2) is 6.10 Å². The van der Waals surface area contributed by atoms with Gasteiger partial charge in [-0.25, -0.2) is 0 Å². The molecular formula is C17H14Cl2N2O3S. The predicted molar refractivity (Wildman–Crippen MR) is 99.6 cm³/mol. The fourth-order valence-electron chi connectivity index (χ4n) is 2.45. The van der Waals surface area contributed by atoms with Crippen LogP contribution in [0.1, 0.15) is 0 Å². The molecule has 0 radical (unpaired) electrons. The van der Waals surface area contributed by atoms with E-state index in [9.17, 15) is 9.59 Å². The first-order chi connectivity index (χ1) is 12.0. The van der Waals surface area contributed by atoms with Crippen LogP contribution < -0.4 is 15.4 Å². The minimum Gasteiger partial charge on any atom is -0.477 e. The van der Waals surface area contributed by atoms with Crippen molar-refractivity contribution in [1.82, 2.24) is 0 Å². The average Bonchev–Trinajstić information content (AvgIpc) is 2.60. The molecule has 0 saturated heterocycles. The number of nitrogens with zero attached hydrogens (tertiary/aromatic N) is 1. The standard InChI is InChI=1S/C17H14Cl2N2O3S/c18-10-4-3-5-11(19)16(10)25-9-15(22)21-8-14(17(20)23)24-13-7-2-1-6-12(13)21/h1-7,14H,8-9H2,(H2,20,23). The first kappa shape index (κ1) is 17.9. The van der Waals surface area contributed by atoms with Gasteiger partial charge in [0.2, 0.25) is 5.91 Å². The van der Waals surface area contributed by atoms with Gasteiger partial charge in [-0.05, 0) is 24.3 Å². The molecule has 1 atom stereocenters. The highest BCUT2D eigenvalue weighted by Crippen LogP contribution is 2.36. The third kappa shape index (κ3) is 3.86. The first-order valence-electron chi connectivity index (χ1n) is 7.39. The number of carbonyl (C=O) groups excluding carboxylic acids is 2. The van der Waals surface area contributed by atoms with Crippen molar-refractivity contribution in [3.63, 3.8) is 0 Å². The Morgan fingerprint density at radius 1 is 1.16 bits per heavy atom.